The molecule has 0 spiro atoms. The number of aliphatic carboxylic acids is 1. The van der Waals surface area contributed by atoms with E-state index in [0.717, 1.165) is 50.3 Å². The van der Waals surface area contributed by atoms with Crippen LogP contribution < -0.4 is 0 Å². The molecule has 2 rings (SSSR count). The number of nitrogens with zero attached hydrogens (tertiary/aromatic N) is 1. The smallest absolute Gasteiger partial charge is 0.306 e. The maximum atomic E-state index is 12.4. The van der Waals surface area contributed by atoms with Gasteiger partial charge in [0.05, 0.1) is 5.92 Å². The normalized spacial score (nSPS) is 29.7. The van der Waals surface area contributed by atoms with Crippen molar-refractivity contribution in [3.05, 3.63) is 0 Å². The van der Waals surface area contributed by atoms with Gasteiger partial charge < -0.3 is 10.0 Å². The molecule has 1 heterocycles. The zero-order chi connectivity index (χ0) is 13.0. The van der Waals surface area contributed by atoms with Crippen LogP contribution >= 0.6 is 11.8 Å². The highest BCUT2D eigenvalue weighted by molar-refractivity contribution is 7.99. The van der Waals surface area contributed by atoms with Crippen molar-refractivity contribution in [3.8, 4) is 0 Å². The fourth-order valence-corrected chi connectivity index (χ4v) is 3.75. The van der Waals surface area contributed by atoms with Crippen LogP contribution in [-0.4, -0.2) is 46.5 Å². The first-order chi connectivity index (χ1) is 8.68. The summed E-state index contributed by atoms with van der Waals surface area (Å²) in [5.74, 6) is 1.24. The highest BCUT2D eigenvalue weighted by Crippen LogP contribution is 2.31. The zero-order valence-electron chi connectivity index (χ0n) is 10.6. The van der Waals surface area contributed by atoms with Crippen LogP contribution in [-0.2, 0) is 9.59 Å². The standard InChI is InChI=1S/C13H21NO3S/c15-12(14-5-2-7-18-8-6-14)10-3-1-4-11(9-10)13(16)17/h10-11H,1-9H2,(H,16,17)/t10-,11-/m1/s1. The maximum absolute atomic E-state index is 12.4. The Bertz CT molecular complexity index is 313. The number of carboxylic acid groups (broad SMARTS) is 1. The monoisotopic (exact) mass is 271 g/mol. The Kier molecular flexibility index (Phi) is 4.92. The molecule has 0 radical (unpaired) electrons. The van der Waals surface area contributed by atoms with E-state index in [1.807, 2.05) is 16.7 Å². The van der Waals surface area contributed by atoms with Crippen molar-refractivity contribution in [3.63, 3.8) is 0 Å². The molecule has 1 saturated carbocycles. The predicted molar refractivity (Wildman–Crippen MR) is 71.6 cm³/mol. The number of thioether (sulfide) groups is 1. The van der Waals surface area contributed by atoms with Crippen LogP contribution in [0.3, 0.4) is 0 Å². The highest BCUT2D eigenvalue weighted by atomic mass is 32.2. The minimum Gasteiger partial charge on any atom is -0.481 e. The van der Waals surface area contributed by atoms with E-state index in [4.69, 9.17) is 5.11 Å². The quantitative estimate of drug-likeness (QED) is 0.832. The molecule has 2 fully saturated rings. The van der Waals surface area contributed by atoms with Gasteiger partial charge in [-0.2, -0.15) is 11.8 Å². The van der Waals surface area contributed by atoms with Gasteiger partial charge in [-0.15, -0.1) is 0 Å². The summed E-state index contributed by atoms with van der Waals surface area (Å²) in [6, 6.07) is 0. The van der Waals surface area contributed by atoms with Crippen molar-refractivity contribution in [2.24, 2.45) is 11.8 Å². The van der Waals surface area contributed by atoms with Crippen molar-refractivity contribution in [2.75, 3.05) is 24.6 Å². The molecule has 1 saturated heterocycles. The lowest BCUT2D eigenvalue weighted by Gasteiger charge is -2.30. The van der Waals surface area contributed by atoms with E-state index in [1.54, 1.807) is 0 Å². The molecule has 0 aromatic heterocycles. The number of carbonyl (C=O) groups is 2. The Labute approximate surface area is 112 Å². The Morgan fingerprint density at radius 2 is 1.83 bits per heavy atom. The van der Waals surface area contributed by atoms with E-state index in [1.165, 1.54) is 0 Å². The van der Waals surface area contributed by atoms with Gasteiger partial charge in [0.25, 0.3) is 0 Å². The molecule has 1 aliphatic carbocycles. The Morgan fingerprint density at radius 1 is 1.06 bits per heavy atom. The first-order valence-corrected chi connectivity index (χ1v) is 7.93. The summed E-state index contributed by atoms with van der Waals surface area (Å²) in [6.07, 6.45) is 4.07. The lowest BCUT2D eigenvalue weighted by atomic mass is 9.80. The molecule has 2 aliphatic rings. The molecular weight excluding hydrogens is 250 g/mol. The fourth-order valence-electron chi connectivity index (χ4n) is 2.86. The van der Waals surface area contributed by atoms with Gasteiger partial charge >= 0.3 is 5.97 Å². The van der Waals surface area contributed by atoms with Crippen LogP contribution in [0, 0.1) is 11.8 Å². The van der Waals surface area contributed by atoms with Crippen LogP contribution in [0.4, 0.5) is 0 Å². The Hall–Kier alpha value is -0.710. The molecule has 0 unspecified atom stereocenters. The van der Waals surface area contributed by atoms with Gasteiger partial charge in [0.1, 0.15) is 0 Å². The molecule has 1 amide bonds. The molecule has 0 aromatic rings. The summed E-state index contributed by atoms with van der Waals surface area (Å²) < 4.78 is 0. The van der Waals surface area contributed by atoms with Crippen LogP contribution in [0.15, 0.2) is 0 Å². The average Bonchev–Trinajstić information content (AvgIpc) is 2.67. The summed E-state index contributed by atoms with van der Waals surface area (Å²) in [6.45, 7) is 1.68. The van der Waals surface area contributed by atoms with Gasteiger partial charge in [-0.05, 0) is 31.4 Å². The van der Waals surface area contributed by atoms with Gasteiger partial charge in [0.15, 0.2) is 0 Å². The zero-order valence-corrected chi connectivity index (χ0v) is 11.5. The van der Waals surface area contributed by atoms with E-state index >= 15 is 0 Å². The molecule has 2 atom stereocenters. The van der Waals surface area contributed by atoms with Gasteiger partial charge in [0.2, 0.25) is 5.91 Å². The summed E-state index contributed by atoms with van der Waals surface area (Å²) in [4.78, 5) is 25.4. The van der Waals surface area contributed by atoms with Gasteiger partial charge in [-0.25, -0.2) is 0 Å². The van der Waals surface area contributed by atoms with Crippen LogP contribution in [0.25, 0.3) is 0 Å². The average molecular weight is 271 g/mol. The number of rotatable bonds is 2. The number of carboxylic acids is 1. The Balaban J connectivity index is 1.92. The molecule has 0 bridgehead atoms. The molecule has 4 nitrogen and oxygen atoms in total. The molecule has 1 N–H and O–H groups in total. The van der Waals surface area contributed by atoms with E-state index in [-0.39, 0.29) is 17.7 Å². The summed E-state index contributed by atoms with van der Waals surface area (Å²) in [5, 5.41) is 9.06. The first kappa shape index (κ1) is 13.7. The van der Waals surface area contributed by atoms with Crippen molar-refractivity contribution >= 4 is 23.6 Å². The third-order valence-corrected chi connectivity index (χ3v) is 4.96. The number of hydrogen-bond acceptors (Lipinski definition) is 3. The number of carbonyl (C=O) groups excluding carboxylic acids is 1. The minimum atomic E-state index is -0.737. The van der Waals surface area contributed by atoms with E-state index in [9.17, 15) is 9.59 Å². The third kappa shape index (κ3) is 3.40. The third-order valence-electron chi connectivity index (χ3n) is 3.91. The summed E-state index contributed by atoms with van der Waals surface area (Å²) >= 11 is 1.90. The van der Waals surface area contributed by atoms with Gasteiger partial charge in [0, 0.05) is 24.8 Å². The fraction of sp³-hybridized carbons (Fsp3) is 0.846. The second-order valence-electron chi connectivity index (χ2n) is 5.19. The summed E-state index contributed by atoms with van der Waals surface area (Å²) in [5.41, 5.74) is 0. The molecule has 18 heavy (non-hydrogen) atoms. The van der Waals surface area contributed by atoms with Gasteiger partial charge in [-0.3, -0.25) is 9.59 Å². The second-order valence-corrected chi connectivity index (χ2v) is 6.41. The maximum Gasteiger partial charge on any atom is 0.306 e. The van der Waals surface area contributed by atoms with Crippen LogP contribution in [0.2, 0.25) is 0 Å². The summed E-state index contributed by atoms with van der Waals surface area (Å²) in [7, 11) is 0. The lowest BCUT2D eigenvalue weighted by molar-refractivity contribution is -0.145. The molecule has 1 aliphatic heterocycles. The number of amides is 1. The van der Waals surface area contributed by atoms with Gasteiger partial charge in [-0.1, -0.05) is 6.42 Å². The molecule has 102 valence electrons. The minimum absolute atomic E-state index is 0.0528. The van der Waals surface area contributed by atoms with Crippen LogP contribution in [0.5, 0.6) is 0 Å². The molecular formula is C13H21NO3S. The van der Waals surface area contributed by atoms with E-state index in [0.29, 0.717) is 6.42 Å². The first-order valence-electron chi connectivity index (χ1n) is 6.78. The topological polar surface area (TPSA) is 57.6 Å². The van der Waals surface area contributed by atoms with E-state index < -0.39 is 5.97 Å². The Morgan fingerprint density at radius 3 is 2.61 bits per heavy atom. The molecule has 0 aromatic carbocycles. The molecule has 5 heteroatoms. The lowest BCUT2D eigenvalue weighted by Crippen LogP contribution is -2.40. The van der Waals surface area contributed by atoms with Crippen LogP contribution in [0.1, 0.15) is 32.1 Å². The highest BCUT2D eigenvalue weighted by Gasteiger charge is 2.33. The number of hydrogen-bond donors (Lipinski definition) is 1. The van der Waals surface area contributed by atoms with Crippen molar-refractivity contribution in [1.29, 1.82) is 0 Å². The second kappa shape index (κ2) is 6.45. The van der Waals surface area contributed by atoms with Crippen molar-refractivity contribution in [1.82, 2.24) is 4.90 Å². The predicted octanol–water partition coefficient (Wildman–Crippen LogP) is 1.84. The largest absolute Gasteiger partial charge is 0.481 e. The van der Waals surface area contributed by atoms with Crippen molar-refractivity contribution < 1.29 is 14.7 Å². The van der Waals surface area contributed by atoms with Crippen molar-refractivity contribution in [2.45, 2.75) is 32.1 Å². The van der Waals surface area contributed by atoms with E-state index in [2.05, 4.69) is 0 Å². The SMILES string of the molecule is O=C(O)[C@@H]1CCC[C@@H](C(=O)N2CCCSCC2)C1.